The van der Waals surface area contributed by atoms with Crippen LogP contribution in [-0.2, 0) is 17.9 Å². The van der Waals surface area contributed by atoms with Gasteiger partial charge in [0.2, 0.25) is 11.7 Å². The molecule has 25 heavy (non-hydrogen) atoms. The van der Waals surface area contributed by atoms with Gasteiger partial charge in [-0.3, -0.25) is 9.20 Å². The lowest BCUT2D eigenvalue weighted by atomic mass is 10.2. The van der Waals surface area contributed by atoms with E-state index in [9.17, 15) is 4.79 Å². The quantitative estimate of drug-likeness (QED) is 0.606. The van der Waals surface area contributed by atoms with Gasteiger partial charge in [-0.25, -0.2) is 15.0 Å². The highest BCUT2D eigenvalue weighted by Crippen LogP contribution is 2.16. The van der Waals surface area contributed by atoms with Crippen molar-refractivity contribution in [3.8, 4) is 11.4 Å². The minimum Gasteiger partial charge on any atom is -0.349 e. The summed E-state index contributed by atoms with van der Waals surface area (Å²) < 4.78 is 3.65. The Balaban J connectivity index is 1.42. The Kier molecular flexibility index (Phi) is 3.96. The Labute approximate surface area is 144 Å². The predicted octanol–water partition coefficient (Wildman–Crippen LogP) is 1.91. The summed E-state index contributed by atoms with van der Waals surface area (Å²) in [5, 5.41) is 2.89. The first-order valence-electron chi connectivity index (χ1n) is 7.91. The molecule has 0 aliphatic heterocycles. The lowest BCUT2D eigenvalue weighted by Crippen LogP contribution is -2.27. The molecule has 0 aliphatic carbocycles. The number of hydrogen-bond donors (Lipinski definition) is 1. The van der Waals surface area contributed by atoms with Crippen LogP contribution in [-0.4, -0.2) is 29.8 Å². The number of hydrogen-bond acceptors (Lipinski definition) is 4. The van der Waals surface area contributed by atoms with Gasteiger partial charge in [-0.05, 0) is 6.07 Å². The zero-order valence-corrected chi connectivity index (χ0v) is 13.4. The molecular formula is C18H16N6O. The molecule has 7 nitrogen and oxygen atoms in total. The van der Waals surface area contributed by atoms with Crippen molar-refractivity contribution in [2.75, 3.05) is 0 Å². The van der Waals surface area contributed by atoms with Gasteiger partial charge < -0.3 is 9.88 Å². The molecule has 0 aliphatic rings. The zero-order valence-electron chi connectivity index (χ0n) is 13.4. The number of fused-ring (bicyclic) bond motifs is 1. The third-order valence-corrected chi connectivity index (χ3v) is 3.81. The molecule has 4 rings (SSSR count). The zero-order chi connectivity index (χ0) is 17.1. The molecule has 0 atom stereocenters. The number of rotatable bonds is 5. The van der Waals surface area contributed by atoms with Crippen molar-refractivity contribution in [1.82, 2.24) is 29.2 Å². The SMILES string of the molecule is O=C(Cn1ccnc1-c1ccccc1)NCc1cn2cccnc2n1. The average molecular weight is 332 g/mol. The van der Waals surface area contributed by atoms with E-state index in [1.54, 1.807) is 18.6 Å². The van der Waals surface area contributed by atoms with Gasteiger partial charge in [-0.1, -0.05) is 30.3 Å². The van der Waals surface area contributed by atoms with Crippen molar-refractivity contribution >= 4 is 11.7 Å². The Morgan fingerprint density at radius 3 is 2.76 bits per heavy atom. The number of carbonyl (C=O) groups is 1. The van der Waals surface area contributed by atoms with Crippen LogP contribution in [0.2, 0.25) is 0 Å². The highest BCUT2D eigenvalue weighted by Gasteiger charge is 2.10. The summed E-state index contributed by atoms with van der Waals surface area (Å²) in [4.78, 5) is 25.1. The summed E-state index contributed by atoms with van der Waals surface area (Å²) in [5.74, 6) is 1.29. The number of carbonyl (C=O) groups excluding carboxylic acids is 1. The van der Waals surface area contributed by atoms with Crippen LogP contribution in [0.5, 0.6) is 0 Å². The van der Waals surface area contributed by atoms with Gasteiger partial charge in [-0.15, -0.1) is 0 Å². The van der Waals surface area contributed by atoms with Gasteiger partial charge in [0, 0.05) is 36.5 Å². The Hall–Kier alpha value is -3.48. The van der Waals surface area contributed by atoms with Crippen molar-refractivity contribution in [2.24, 2.45) is 0 Å². The van der Waals surface area contributed by atoms with Crippen LogP contribution >= 0.6 is 0 Å². The van der Waals surface area contributed by atoms with E-state index in [1.807, 2.05) is 57.8 Å². The van der Waals surface area contributed by atoms with Crippen molar-refractivity contribution in [3.05, 3.63) is 73.1 Å². The highest BCUT2D eigenvalue weighted by molar-refractivity contribution is 5.76. The smallest absolute Gasteiger partial charge is 0.240 e. The molecule has 0 saturated carbocycles. The fourth-order valence-electron chi connectivity index (χ4n) is 2.65. The molecule has 0 fully saturated rings. The van der Waals surface area contributed by atoms with Crippen LogP contribution < -0.4 is 5.32 Å². The van der Waals surface area contributed by atoms with Crippen LogP contribution in [0.4, 0.5) is 0 Å². The number of aromatic nitrogens is 5. The summed E-state index contributed by atoms with van der Waals surface area (Å²) in [6.45, 7) is 0.563. The Morgan fingerprint density at radius 1 is 1.04 bits per heavy atom. The van der Waals surface area contributed by atoms with E-state index in [-0.39, 0.29) is 12.5 Å². The van der Waals surface area contributed by atoms with Crippen molar-refractivity contribution in [3.63, 3.8) is 0 Å². The van der Waals surface area contributed by atoms with Crippen LogP contribution in [0.3, 0.4) is 0 Å². The number of amides is 1. The summed E-state index contributed by atoms with van der Waals surface area (Å²) in [6, 6.07) is 11.6. The van der Waals surface area contributed by atoms with Gasteiger partial charge in [-0.2, -0.15) is 0 Å². The maximum atomic E-state index is 12.3. The molecule has 0 saturated heterocycles. The molecule has 7 heteroatoms. The maximum Gasteiger partial charge on any atom is 0.240 e. The van der Waals surface area contributed by atoms with Crippen molar-refractivity contribution < 1.29 is 4.79 Å². The monoisotopic (exact) mass is 332 g/mol. The van der Waals surface area contributed by atoms with Crippen molar-refractivity contribution in [2.45, 2.75) is 13.1 Å². The molecular weight excluding hydrogens is 316 g/mol. The largest absolute Gasteiger partial charge is 0.349 e. The molecule has 3 aromatic heterocycles. The minimum absolute atomic E-state index is 0.0970. The van der Waals surface area contributed by atoms with E-state index in [1.165, 1.54) is 0 Å². The number of nitrogens with zero attached hydrogens (tertiary/aromatic N) is 5. The van der Waals surface area contributed by atoms with Gasteiger partial charge >= 0.3 is 0 Å². The average Bonchev–Trinajstić information content (AvgIpc) is 3.27. The van der Waals surface area contributed by atoms with E-state index in [2.05, 4.69) is 20.3 Å². The molecule has 0 spiro atoms. The van der Waals surface area contributed by atoms with E-state index in [4.69, 9.17) is 0 Å². The van der Waals surface area contributed by atoms with Gasteiger partial charge in [0.05, 0.1) is 12.2 Å². The Bertz CT molecular complexity index is 972. The third kappa shape index (κ3) is 3.25. The normalized spacial score (nSPS) is 10.9. The summed E-state index contributed by atoms with van der Waals surface area (Å²) in [6.07, 6.45) is 8.92. The van der Waals surface area contributed by atoms with Crippen LogP contribution in [0.25, 0.3) is 17.2 Å². The number of benzene rings is 1. The lowest BCUT2D eigenvalue weighted by molar-refractivity contribution is -0.121. The minimum atomic E-state index is -0.0970. The second kappa shape index (κ2) is 6.56. The molecule has 1 N–H and O–H groups in total. The summed E-state index contributed by atoms with van der Waals surface area (Å²) >= 11 is 0. The fourth-order valence-corrected chi connectivity index (χ4v) is 2.65. The molecule has 0 unspecified atom stereocenters. The van der Waals surface area contributed by atoms with E-state index >= 15 is 0 Å². The molecule has 1 aromatic carbocycles. The summed E-state index contributed by atoms with van der Waals surface area (Å²) in [5.41, 5.74) is 1.74. The van der Waals surface area contributed by atoms with Crippen LogP contribution in [0, 0.1) is 0 Å². The second-order valence-electron chi connectivity index (χ2n) is 5.58. The van der Waals surface area contributed by atoms with E-state index < -0.39 is 0 Å². The maximum absolute atomic E-state index is 12.3. The summed E-state index contributed by atoms with van der Waals surface area (Å²) in [7, 11) is 0. The first-order chi connectivity index (χ1) is 12.3. The molecule has 124 valence electrons. The van der Waals surface area contributed by atoms with Gasteiger partial charge in [0.25, 0.3) is 0 Å². The molecule has 1 amide bonds. The third-order valence-electron chi connectivity index (χ3n) is 3.81. The molecule has 0 radical (unpaired) electrons. The topological polar surface area (TPSA) is 77.1 Å². The van der Waals surface area contributed by atoms with Crippen LogP contribution in [0.15, 0.2) is 67.4 Å². The first-order valence-corrected chi connectivity index (χ1v) is 7.91. The van der Waals surface area contributed by atoms with Crippen molar-refractivity contribution in [1.29, 1.82) is 0 Å². The predicted molar refractivity (Wildman–Crippen MR) is 92.5 cm³/mol. The standard InChI is InChI=1S/C18H16N6O/c25-16(21-11-15-12-24-9-4-7-20-18(24)22-15)13-23-10-8-19-17(23)14-5-2-1-3-6-14/h1-10,12H,11,13H2,(H,21,25). The van der Waals surface area contributed by atoms with E-state index in [0.717, 1.165) is 17.1 Å². The van der Waals surface area contributed by atoms with E-state index in [0.29, 0.717) is 12.3 Å². The Morgan fingerprint density at radius 2 is 1.92 bits per heavy atom. The number of nitrogens with one attached hydrogen (secondary N) is 1. The lowest BCUT2D eigenvalue weighted by Gasteiger charge is -2.08. The van der Waals surface area contributed by atoms with Gasteiger partial charge in [0.1, 0.15) is 12.4 Å². The molecule has 0 bridgehead atoms. The fraction of sp³-hybridized carbons (Fsp3) is 0.111. The first kappa shape index (κ1) is 15.1. The molecule has 3 heterocycles. The van der Waals surface area contributed by atoms with Gasteiger partial charge in [0.15, 0.2) is 0 Å². The second-order valence-corrected chi connectivity index (χ2v) is 5.58. The molecule has 4 aromatic rings. The number of imidazole rings is 2. The highest BCUT2D eigenvalue weighted by atomic mass is 16.1. The van der Waals surface area contributed by atoms with Crippen LogP contribution in [0.1, 0.15) is 5.69 Å².